The van der Waals surface area contributed by atoms with E-state index in [-0.39, 0.29) is 12.4 Å². The summed E-state index contributed by atoms with van der Waals surface area (Å²) in [5, 5.41) is 0.695. The van der Waals surface area contributed by atoms with Crippen LogP contribution in [-0.2, 0) is 0 Å². The van der Waals surface area contributed by atoms with Crippen molar-refractivity contribution >= 4 is 29.3 Å². The SMILES string of the molecule is CCC(C)CSC(N)=NC.Cl. The number of thioether (sulfide) groups is 1. The lowest BCUT2D eigenvalue weighted by atomic mass is 10.2. The molecule has 0 saturated heterocycles. The molecule has 0 aliphatic rings. The Hall–Kier alpha value is 0.110. The van der Waals surface area contributed by atoms with Crippen LogP contribution in [0, 0.1) is 5.92 Å². The first-order chi connectivity index (χ1) is 4.70. The Morgan fingerprint density at radius 3 is 2.55 bits per heavy atom. The predicted molar refractivity (Wildman–Crippen MR) is 56.7 cm³/mol. The summed E-state index contributed by atoms with van der Waals surface area (Å²) in [6, 6.07) is 0. The summed E-state index contributed by atoms with van der Waals surface area (Å²) in [7, 11) is 1.72. The number of nitrogens with zero attached hydrogens (tertiary/aromatic N) is 1. The molecule has 0 aliphatic heterocycles. The number of aliphatic imine (C=N–C) groups is 1. The first-order valence-corrected chi connectivity index (χ1v) is 4.54. The van der Waals surface area contributed by atoms with E-state index in [0.717, 1.165) is 11.7 Å². The lowest BCUT2D eigenvalue weighted by Gasteiger charge is -2.05. The van der Waals surface area contributed by atoms with Crippen LogP contribution in [0.1, 0.15) is 20.3 Å². The van der Waals surface area contributed by atoms with Crippen molar-refractivity contribution in [3.8, 4) is 0 Å². The summed E-state index contributed by atoms with van der Waals surface area (Å²) in [6.45, 7) is 4.40. The summed E-state index contributed by atoms with van der Waals surface area (Å²) < 4.78 is 0. The second-order valence-electron chi connectivity index (χ2n) is 2.39. The molecule has 0 saturated carbocycles. The van der Waals surface area contributed by atoms with Gasteiger partial charge in [0.05, 0.1) is 0 Å². The van der Waals surface area contributed by atoms with E-state index in [4.69, 9.17) is 5.73 Å². The molecule has 11 heavy (non-hydrogen) atoms. The maximum absolute atomic E-state index is 5.49. The molecule has 0 aromatic rings. The summed E-state index contributed by atoms with van der Waals surface area (Å²) in [5.74, 6) is 1.82. The molecule has 2 N–H and O–H groups in total. The van der Waals surface area contributed by atoms with Gasteiger partial charge in [0.2, 0.25) is 0 Å². The van der Waals surface area contributed by atoms with Crippen LogP contribution in [0.15, 0.2) is 4.99 Å². The van der Waals surface area contributed by atoms with Gasteiger partial charge in [0.15, 0.2) is 5.17 Å². The molecule has 0 bridgehead atoms. The molecule has 0 heterocycles. The van der Waals surface area contributed by atoms with Crippen LogP contribution < -0.4 is 5.73 Å². The molecule has 4 heteroatoms. The monoisotopic (exact) mass is 196 g/mol. The normalized spacial score (nSPS) is 13.9. The zero-order chi connectivity index (χ0) is 7.98. The highest BCUT2D eigenvalue weighted by molar-refractivity contribution is 8.13. The lowest BCUT2D eigenvalue weighted by Crippen LogP contribution is -2.09. The Labute approximate surface area is 79.4 Å². The van der Waals surface area contributed by atoms with Gasteiger partial charge in [-0.25, -0.2) is 0 Å². The molecule has 0 radical (unpaired) electrons. The van der Waals surface area contributed by atoms with Gasteiger partial charge in [-0.2, -0.15) is 0 Å². The van der Waals surface area contributed by atoms with Crippen LogP contribution in [0.2, 0.25) is 0 Å². The van der Waals surface area contributed by atoms with E-state index in [1.807, 2.05) is 0 Å². The molecule has 0 amide bonds. The fourth-order valence-electron chi connectivity index (χ4n) is 0.410. The molecule has 0 spiro atoms. The number of hydrogen-bond acceptors (Lipinski definition) is 2. The van der Waals surface area contributed by atoms with Crippen LogP contribution in [0.5, 0.6) is 0 Å². The molecule has 1 unspecified atom stereocenters. The fraction of sp³-hybridized carbons (Fsp3) is 0.857. The minimum absolute atomic E-state index is 0. The Kier molecular flexibility index (Phi) is 10.2. The highest BCUT2D eigenvalue weighted by Gasteiger charge is 1.99. The molecule has 0 aromatic heterocycles. The third kappa shape index (κ3) is 8.01. The molecule has 0 aromatic carbocycles. The third-order valence-electron chi connectivity index (χ3n) is 1.43. The summed E-state index contributed by atoms with van der Waals surface area (Å²) in [6.07, 6.45) is 1.21. The van der Waals surface area contributed by atoms with E-state index in [2.05, 4.69) is 18.8 Å². The van der Waals surface area contributed by atoms with E-state index in [1.54, 1.807) is 18.8 Å². The van der Waals surface area contributed by atoms with Crippen LogP contribution in [-0.4, -0.2) is 18.0 Å². The zero-order valence-corrected chi connectivity index (χ0v) is 8.97. The van der Waals surface area contributed by atoms with Crippen LogP contribution in [0.3, 0.4) is 0 Å². The first-order valence-electron chi connectivity index (χ1n) is 3.55. The smallest absolute Gasteiger partial charge is 0.153 e. The van der Waals surface area contributed by atoms with Crippen LogP contribution in [0.25, 0.3) is 0 Å². The van der Waals surface area contributed by atoms with Gasteiger partial charge in [0.25, 0.3) is 0 Å². The molecule has 2 nitrogen and oxygen atoms in total. The summed E-state index contributed by atoms with van der Waals surface area (Å²) >= 11 is 1.64. The van der Waals surface area contributed by atoms with Gasteiger partial charge in [-0.05, 0) is 5.92 Å². The van der Waals surface area contributed by atoms with Gasteiger partial charge in [-0.1, -0.05) is 32.0 Å². The average molecular weight is 197 g/mol. The predicted octanol–water partition coefficient (Wildman–Crippen LogP) is 2.13. The van der Waals surface area contributed by atoms with E-state index >= 15 is 0 Å². The lowest BCUT2D eigenvalue weighted by molar-refractivity contribution is 0.638. The van der Waals surface area contributed by atoms with E-state index < -0.39 is 0 Å². The largest absolute Gasteiger partial charge is 0.379 e. The average Bonchev–Trinajstić information content (AvgIpc) is 1.99. The number of rotatable bonds is 3. The van der Waals surface area contributed by atoms with Gasteiger partial charge in [-0.3, -0.25) is 4.99 Å². The van der Waals surface area contributed by atoms with Crippen molar-refractivity contribution < 1.29 is 0 Å². The molecule has 68 valence electrons. The number of hydrogen-bond donors (Lipinski definition) is 1. The summed E-state index contributed by atoms with van der Waals surface area (Å²) in [4.78, 5) is 3.85. The summed E-state index contributed by atoms with van der Waals surface area (Å²) in [5.41, 5.74) is 5.49. The van der Waals surface area contributed by atoms with E-state index in [9.17, 15) is 0 Å². The van der Waals surface area contributed by atoms with E-state index in [1.165, 1.54) is 6.42 Å². The topological polar surface area (TPSA) is 38.4 Å². The Morgan fingerprint density at radius 2 is 2.18 bits per heavy atom. The Balaban J connectivity index is 0. The number of halogens is 1. The van der Waals surface area contributed by atoms with Crippen molar-refractivity contribution in [3.63, 3.8) is 0 Å². The zero-order valence-electron chi connectivity index (χ0n) is 7.33. The number of nitrogens with two attached hydrogens (primary N) is 1. The highest BCUT2D eigenvalue weighted by atomic mass is 35.5. The van der Waals surface area contributed by atoms with Crippen molar-refractivity contribution in [2.75, 3.05) is 12.8 Å². The van der Waals surface area contributed by atoms with Gasteiger partial charge in [0, 0.05) is 12.8 Å². The van der Waals surface area contributed by atoms with Crippen molar-refractivity contribution in [3.05, 3.63) is 0 Å². The van der Waals surface area contributed by atoms with Crippen molar-refractivity contribution in [2.24, 2.45) is 16.6 Å². The molecular weight excluding hydrogens is 180 g/mol. The molecule has 0 fully saturated rings. The second kappa shape index (κ2) is 8.21. The second-order valence-corrected chi connectivity index (χ2v) is 3.43. The van der Waals surface area contributed by atoms with E-state index in [0.29, 0.717) is 5.17 Å². The van der Waals surface area contributed by atoms with Gasteiger partial charge >= 0.3 is 0 Å². The first kappa shape index (κ1) is 13.7. The molecule has 0 rings (SSSR count). The molecular formula is C7H17ClN2S. The van der Waals surface area contributed by atoms with Crippen LogP contribution in [0.4, 0.5) is 0 Å². The minimum Gasteiger partial charge on any atom is -0.379 e. The third-order valence-corrected chi connectivity index (χ3v) is 2.65. The van der Waals surface area contributed by atoms with Crippen molar-refractivity contribution in [1.82, 2.24) is 0 Å². The standard InChI is InChI=1S/C7H16N2S.ClH/c1-4-6(2)5-10-7(8)9-3;/h6H,4-5H2,1-3H3,(H2,8,9);1H. The molecule has 1 atom stereocenters. The minimum atomic E-state index is 0. The maximum Gasteiger partial charge on any atom is 0.153 e. The Morgan fingerprint density at radius 1 is 1.64 bits per heavy atom. The quantitative estimate of drug-likeness (QED) is 0.555. The fourth-order valence-corrected chi connectivity index (χ4v) is 1.23. The maximum atomic E-state index is 5.49. The van der Waals surface area contributed by atoms with Gasteiger partial charge < -0.3 is 5.73 Å². The number of amidine groups is 1. The Bertz CT molecular complexity index is 117. The van der Waals surface area contributed by atoms with Crippen LogP contribution >= 0.6 is 24.2 Å². The van der Waals surface area contributed by atoms with Crippen molar-refractivity contribution in [2.45, 2.75) is 20.3 Å². The molecule has 0 aliphatic carbocycles. The highest BCUT2D eigenvalue weighted by Crippen LogP contribution is 2.10. The van der Waals surface area contributed by atoms with Crippen molar-refractivity contribution in [1.29, 1.82) is 0 Å². The van der Waals surface area contributed by atoms with Gasteiger partial charge in [-0.15, -0.1) is 12.4 Å². The van der Waals surface area contributed by atoms with Gasteiger partial charge in [0.1, 0.15) is 0 Å².